The zero-order chi connectivity index (χ0) is 18.7. The number of carboxylic acids is 1. The van der Waals surface area contributed by atoms with Gasteiger partial charge >= 0.3 is 5.97 Å². The van der Waals surface area contributed by atoms with E-state index in [0.717, 1.165) is 23.7 Å². The number of benzene rings is 1. The summed E-state index contributed by atoms with van der Waals surface area (Å²) in [4.78, 5) is 26.0. The predicted octanol–water partition coefficient (Wildman–Crippen LogP) is 3.19. The standard InChI is InChI=1S/C20H24N2O3S/c1-14-10-18(15(2)22(14)12-16-6-4-3-5-7-16)20(25)21-8-9-26-13-17(21)11-19(23)24/h3-7,10,17H,8-9,11-13H2,1-2H3,(H,23,24). The molecule has 5 nitrogen and oxygen atoms in total. The molecule has 1 aromatic heterocycles. The molecule has 0 radical (unpaired) electrons. The molecule has 138 valence electrons. The first-order chi connectivity index (χ1) is 12.5. The quantitative estimate of drug-likeness (QED) is 0.876. The number of thioether (sulfide) groups is 1. The van der Waals surface area contributed by atoms with Gasteiger partial charge in [-0.05, 0) is 25.5 Å². The summed E-state index contributed by atoms with van der Waals surface area (Å²) in [5.41, 5.74) is 3.84. The lowest BCUT2D eigenvalue weighted by Crippen LogP contribution is -2.47. The van der Waals surface area contributed by atoms with Crippen molar-refractivity contribution in [3.05, 3.63) is 58.9 Å². The summed E-state index contributed by atoms with van der Waals surface area (Å²) in [6.45, 7) is 5.30. The van der Waals surface area contributed by atoms with E-state index in [4.69, 9.17) is 5.11 Å². The van der Waals surface area contributed by atoms with Crippen LogP contribution in [-0.4, -0.2) is 50.5 Å². The van der Waals surface area contributed by atoms with Crippen molar-refractivity contribution in [2.45, 2.75) is 32.9 Å². The Balaban J connectivity index is 1.85. The molecule has 0 aliphatic carbocycles. The number of amides is 1. The molecule has 0 bridgehead atoms. The van der Waals surface area contributed by atoms with Crippen LogP contribution in [0.2, 0.25) is 0 Å². The van der Waals surface area contributed by atoms with E-state index in [1.165, 1.54) is 5.56 Å². The number of carbonyl (C=O) groups is 2. The lowest BCUT2D eigenvalue weighted by molar-refractivity contribution is -0.138. The molecule has 3 rings (SSSR count). The van der Waals surface area contributed by atoms with Crippen LogP contribution in [0.3, 0.4) is 0 Å². The van der Waals surface area contributed by atoms with E-state index in [1.54, 1.807) is 16.7 Å². The van der Waals surface area contributed by atoms with Crippen molar-refractivity contribution < 1.29 is 14.7 Å². The fourth-order valence-corrected chi connectivity index (χ4v) is 4.54. The maximum Gasteiger partial charge on any atom is 0.305 e. The topological polar surface area (TPSA) is 62.5 Å². The van der Waals surface area contributed by atoms with Crippen LogP contribution in [0.1, 0.15) is 33.7 Å². The maximum atomic E-state index is 13.1. The highest BCUT2D eigenvalue weighted by atomic mass is 32.2. The van der Waals surface area contributed by atoms with Crippen LogP contribution in [-0.2, 0) is 11.3 Å². The Bertz CT molecular complexity index is 801. The number of carboxylic acid groups (broad SMARTS) is 1. The van der Waals surface area contributed by atoms with E-state index < -0.39 is 5.97 Å². The molecule has 1 aliphatic heterocycles. The Morgan fingerprint density at radius 2 is 1.96 bits per heavy atom. The molecule has 1 unspecified atom stereocenters. The molecule has 2 aromatic rings. The number of nitrogens with zero attached hydrogens (tertiary/aromatic N) is 2. The van der Waals surface area contributed by atoms with E-state index >= 15 is 0 Å². The highest BCUT2D eigenvalue weighted by molar-refractivity contribution is 7.99. The predicted molar refractivity (Wildman–Crippen MR) is 104 cm³/mol. The molecule has 1 N–H and O–H groups in total. The molecule has 2 heterocycles. The average molecular weight is 372 g/mol. The summed E-state index contributed by atoms with van der Waals surface area (Å²) in [6.07, 6.45) is 0.00148. The zero-order valence-corrected chi connectivity index (χ0v) is 16.0. The van der Waals surface area contributed by atoms with E-state index in [0.29, 0.717) is 17.9 Å². The minimum absolute atomic E-state index is 0.00148. The molecule has 6 heteroatoms. The number of rotatable bonds is 5. The summed E-state index contributed by atoms with van der Waals surface area (Å²) in [7, 11) is 0. The molecule has 1 atom stereocenters. The van der Waals surface area contributed by atoms with Crippen LogP contribution >= 0.6 is 11.8 Å². The van der Waals surface area contributed by atoms with Gasteiger partial charge < -0.3 is 14.6 Å². The Hall–Kier alpha value is -2.21. The lowest BCUT2D eigenvalue weighted by atomic mass is 10.1. The fraction of sp³-hybridized carbons (Fsp3) is 0.400. The van der Waals surface area contributed by atoms with Gasteiger partial charge in [0, 0.05) is 36.0 Å². The Morgan fingerprint density at radius 1 is 1.23 bits per heavy atom. The zero-order valence-electron chi connectivity index (χ0n) is 15.1. The molecule has 1 saturated heterocycles. The number of hydrogen-bond donors (Lipinski definition) is 1. The third kappa shape index (κ3) is 3.96. The molecule has 0 spiro atoms. The molecule has 1 amide bonds. The SMILES string of the molecule is Cc1cc(C(=O)N2CCSCC2CC(=O)O)c(C)n1Cc1ccccc1. The Labute approximate surface area is 158 Å². The minimum atomic E-state index is -0.857. The highest BCUT2D eigenvalue weighted by Crippen LogP contribution is 2.24. The van der Waals surface area contributed by atoms with E-state index in [2.05, 4.69) is 16.7 Å². The van der Waals surface area contributed by atoms with Crippen LogP contribution < -0.4 is 0 Å². The van der Waals surface area contributed by atoms with Crippen molar-refractivity contribution in [2.75, 3.05) is 18.1 Å². The lowest BCUT2D eigenvalue weighted by Gasteiger charge is -2.34. The second-order valence-electron chi connectivity index (χ2n) is 6.68. The third-order valence-corrected chi connectivity index (χ3v) is 5.98. The normalized spacial score (nSPS) is 17.3. The van der Waals surface area contributed by atoms with Crippen LogP contribution in [0.4, 0.5) is 0 Å². The van der Waals surface area contributed by atoms with Crippen LogP contribution in [0, 0.1) is 13.8 Å². The summed E-state index contributed by atoms with van der Waals surface area (Å²) >= 11 is 1.71. The summed E-state index contributed by atoms with van der Waals surface area (Å²) in [5.74, 6) is 0.625. The van der Waals surface area contributed by atoms with Crippen molar-refractivity contribution in [2.24, 2.45) is 0 Å². The summed E-state index contributed by atoms with van der Waals surface area (Å²) in [6, 6.07) is 11.9. The number of aromatic nitrogens is 1. The second-order valence-corrected chi connectivity index (χ2v) is 7.83. The first-order valence-corrected chi connectivity index (χ1v) is 9.94. The number of hydrogen-bond acceptors (Lipinski definition) is 3. The van der Waals surface area contributed by atoms with Crippen molar-refractivity contribution in [1.29, 1.82) is 0 Å². The smallest absolute Gasteiger partial charge is 0.305 e. The first kappa shape index (κ1) is 18.6. The van der Waals surface area contributed by atoms with Gasteiger partial charge in [0.25, 0.3) is 5.91 Å². The van der Waals surface area contributed by atoms with Crippen molar-refractivity contribution in [3.8, 4) is 0 Å². The van der Waals surface area contributed by atoms with Crippen molar-refractivity contribution in [3.63, 3.8) is 0 Å². The fourth-order valence-electron chi connectivity index (χ4n) is 3.47. The van der Waals surface area contributed by atoms with Crippen molar-refractivity contribution in [1.82, 2.24) is 9.47 Å². The number of carbonyl (C=O) groups excluding carboxylic acids is 1. The molecule has 1 aromatic carbocycles. The molecule has 1 aliphatic rings. The molecular formula is C20H24N2O3S. The van der Waals surface area contributed by atoms with Crippen LogP contribution in [0.25, 0.3) is 0 Å². The number of aryl methyl sites for hydroxylation is 1. The highest BCUT2D eigenvalue weighted by Gasteiger charge is 2.31. The van der Waals surface area contributed by atoms with Gasteiger partial charge in [-0.15, -0.1) is 0 Å². The van der Waals surface area contributed by atoms with Gasteiger partial charge in [-0.3, -0.25) is 9.59 Å². The Kier molecular flexibility index (Phi) is 5.71. The van der Waals surface area contributed by atoms with E-state index in [-0.39, 0.29) is 18.4 Å². The first-order valence-electron chi connectivity index (χ1n) is 8.78. The van der Waals surface area contributed by atoms with Gasteiger partial charge in [-0.1, -0.05) is 30.3 Å². The largest absolute Gasteiger partial charge is 0.481 e. The monoisotopic (exact) mass is 372 g/mol. The minimum Gasteiger partial charge on any atom is -0.481 e. The summed E-state index contributed by atoms with van der Waals surface area (Å²) < 4.78 is 2.15. The molecule has 26 heavy (non-hydrogen) atoms. The number of aliphatic carboxylic acids is 1. The van der Waals surface area contributed by atoms with Gasteiger partial charge in [0.15, 0.2) is 0 Å². The summed E-state index contributed by atoms with van der Waals surface area (Å²) in [5, 5.41) is 9.15. The van der Waals surface area contributed by atoms with Gasteiger partial charge in [0.2, 0.25) is 0 Å². The van der Waals surface area contributed by atoms with Crippen LogP contribution in [0.15, 0.2) is 36.4 Å². The Morgan fingerprint density at radius 3 is 2.65 bits per heavy atom. The maximum absolute atomic E-state index is 13.1. The van der Waals surface area contributed by atoms with Crippen LogP contribution in [0.5, 0.6) is 0 Å². The molecule has 1 fully saturated rings. The average Bonchev–Trinajstić information content (AvgIpc) is 2.90. The molecular weight excluding hydrogens is 348 g/mol. The van der Waals surface area contributed by atoms with E-state index in [1.807, 2.05) is 38.1 Å². The van der Waals surface area contributed by atoms with Crippen molar-refractivity contribution >= 4 is 23.6 Å². The third-order valence-electron chi connectivity index (χ3n) is 4.89. The van der Waals surface area contributed by atoms with Gasteiger partial charge in [-0.2, -0.15) is 11.8 Å². The van der Waals surface area contributed by atoms with Gasteiger partial charge in [0.1, 0.15) is 0 Å². The second kappa shape index (κ2) is 7.99. The molecule has 0 saturated carbocycles. The van der Waals surface area contributed by atoms with Gasteiger partial charge in [-0.25, -0.2) is 0 Å². The van der Waals surface area contributed by atoms with E-state index in [9.17, 15) is 9.59 Å². The van der Waals surface area contributed by atoms with Gasteiger partial charge in [0.05, 0.1) is 18.0 Å².